The third-order valence-corrected chi connectivity index (χ3v) is 4.05. The quantitative estimate of drug-likeness (QED) is 0.314. The zero-order valence-electron chi connectivity index (χ0n) is 12.6. The number of guanidine groups is 1. The van der Waals surface area contributed by atoms with E-state index in [0.717, 1.165) is 18.3 Å². The van der Waals surface area contributed by atoms with Crippen LogP contribution in [0.3, 0.4) is 0 Å². The number of hydrogen-bond acceptors (Lipinski definition) is 3. The highest BCUT2D eigenvalue weighted by molar-refractivity contribution is 14.0. The molecule has 0 spiro atoms. The molecule has 4 nitrogen and oxygen atoms in total. The summed E-state index contributed by atoms with van der Waals surface area (Å²) < 4.78 is 38.0. The molecule has 1 unspecified atom stereocenters. The van der Waals surface area contributed by atoms with Gasteiger partial charge in [-0.15, -0.1) is 24.0 Å². The van der Waals surface area contributed by atoms with Crippen LogP contribution >= 0.6 is 35.7 Å². The summed E-state index contributed by atoms with van der Waals surface area (Å²) in [4.78, 5) is 7.68. The zero-order chi connectivity index (χ0) is 15.2. The normalized spacial score (nSPS) is 19.1. The SMILES string of the molecule is CN=C(NCCSC)N1CCN(C(C)C(F)(F)F)CC1.I. The van der Waals surface area contributed by atoms with Crippen LogP contribution in [-0.4, -0.2) is 79.8 Å². The zero-order valence-corrected chi connectivity index (χ0v) is 15.8. The number of thioether (sulfide) groups is 1. The Morgan fingerprint density at radius 2 is 1.86 bits per heavy atom. The highest BCUT2D eigenvalue weighted by atomic mass is 127. The first kappa shape index (κ1) is 21.1. The van der Waals surface area contributed by atoms with Gasteiger partial charge < -0.3 is 10.2 Å². The average Bonchev–Trinajstić information content (AvgIpc) is 2.42. The van der Waals surface area contributed by atoms with Gasteiger partial charge in [-0.3, -0.25) is 9.89 Å². The van der Waals surface area contributed by atoms with E-state index in [1.807, 2.05) is 11.2 Å². The Kier molecular flexibility index (Phi) is 10.0. The van der Waals surface area contributed by atoms with Gasteiger partial charge in [-0.25, -0.2) is 0 Å². The molecule has 0 aromatic carbocycles. The molecule has 126 valence electrons. The lowest BCUT2D eigenvalue weighted by molar-refractivity contribution is -0.181. The number of piperazine rings is 1. The van der Waals surface area contributed by atoms with Crippen LogP contribution in [0.5, 0.6) is 0 Å². The predicted octanol–water partition coefficient (Wildman–Crippen LogP) is 2.11. The van der Waals surface area contributed by atoms with Gasteiger partial charge in [0.25, 0.3) is 0 Å². The molecule has 1 aliphatic rings. The standard InChI is InChI=1S/C12H23F3N4S.HI/c1-10(12(13,14)15)18-5-7-19(8-6-18)11(16-2)17-4-9-20-3;/h10H,4-9H2,1-3H3,(H,16,17);1H. The number of nitrogens with zero attached hydrogens (tertiary/aromatic N) is 3. The van der Waals surface area contributed by atoms with Gasteiger partial charge in [0.15, 0.2) is 5.96 Å². The summed E-state index contributed by atoms with van der Waals surface area (Å²) in [6, 6.07) is -1.38. The number of nitrogens with one attached hydrogen (secondary N) is 1. The second-order valence-corrected chi connectivity index (χ2v) is 5.69. The summed E-state index contributed by atoms with van der Waals surface area (Å²) in [6.45, 7) is 3.99. The first-order valence-corrected chi connectivity index (χ1v) is 8.04. The van der Waals surface area contributed by atoms with E-state index in [4.69, 9.17) is 0 Å². The maximum atomic E-state index is 12.7. The molecule has 0 aliphatic carbocycles. The number of halogens is 4. The fraction of sp³-hybridized carbons (Fsp3) is 0.917. The number of alkyl halides is 3. The second kappa shape index (κ2) is 9.98. The van der Waals surface area contributed by atoms with Crippen molar-refractivity contribution in [2.75, 3.05) is 51.8 Å². The van der Waals surface area contributed by atoms with Crippen molar-refractivity contribution in [2.45, 2.75) is 19.1 Å². The molecule has 1 saturated heterocycles. The van der Waals surface area contributed by atoms with Gasteiger partial charge in [0.1, 0.15) is 6.04 Å². The molecule has 9 heteroatoms. The molecule has 0 bridgehead atoms. The van der Waals surface area contributed by atoms with Gasteiger partial charge in [0.05, 0.1) is 0 Å². The van der Waals surface area contributed by atoms with Crippen LogP contribution in [0.1, 0.15) is 6.92 Å². The van der Waals surface area contributed by atoms with Crippen molar-refractivity contribution in [1.29, 1.82) is 0 Å². The van der Waals surface area contributed by atoms with Crippen LogP contribution < -0.4 is 5.32 Å². The Labute approximate surface area is 145 Å². The van der Waals surface area contributed by atoms with Crippen LogP contribution in [0.15, 0.2) is 4.99 Å². The molecule has 1 fully saturated rings. The second-order valence-electron chi connectivity index (χ2n) is 4.71. The Hall–Kier alpha value is 0.1000. The van der Waals surface area contributed by atoms with E-state index in [2.05, 4.69) is 10.3 Å². The third-order valence-electron chi connectivity index (χ3n) is 3.44. The molecule has 1 heterocycles. The van der Waals surface area contributed by atoms with Crippen LogP contribution in [0, 0.1) is 0 Å². The molecule has 0 radical (unpaired) electrons. The number of hydrogen-bond donors (Lipinski definition) is 1. The lowest BCUT2D eigenvalue weighted by Gasteiger charge is -2.39. The van der Waals surface area contributed by atoms with Crippen molar-refractivity contribution in [3.8, 4) is 0 Å². The predicted molar refractivity (Wildman–Crippen MR) is 93.8 cm³/mol. The maximum Gasteiger partial charge on any atom is 0.403 e. The Bertz CT molecular complexity index is 320. The first-order valence-electron chi connectivity index (χ1n) is 6.65. The van der Waals surface area contributed by atoms with Crippen molar-refractivity contribution in [3.05, 3.63) is 0 Å². The minimum atomic E-state index is -4.15. The minimum absolute atomic E-state index is 0. The summed E-state index contributed by atoms with van der Waals surface area (Å²) in [5.74, 6) is 1.75. The Morgan fingerprint density at radius 3 is 2.29 bits per heavy atom. The van der Waals surface area contributed by atoms with Crippen molar-refractivity contribution in [1.82, 2.24) is 15.1 Å². The molecule has 0 aromatic heterocycles. The lowest BCUT2D eigenvalue weighted by atomic mass is 10.2. The van der Waals surface area contributed by atoms with Gasteiger partial charge >= 0.3 is 6.18 Å². The Balaban J connectivity index is 0.00000400. The van der Waals surface area contributed by atoms with Crippen LogP contribution in [0.25, 0.3) is 0 Å². The van der Waals surface area contributed by atoms with E-state index in [-0.39, 0.29) is 24.0 Å². The van der Waals surface area contributed by atoms with Crippen molar-refractivity contribution < 1.29 is 13.2 Å². The van der Waals surface area contributed by atoms with Crippen molar-refractivity contribution in [2.24, 2.45) is 4.99 Å². The van der Waals surface area contributed by atoms with Gasteiger partial charge in [-0.2, -0.15) is 24.9 Å². The van der Waals surface area contributed by atoms with E-state index in [0.29, 0.717) is 26.2 Å². The van der Waals surface area contributed by atoms with Gasteiger partial charge in [-0.1, -0.05) is 0 Å². The van der Waals surface area contributed by atoms with Crippen molar-refractivity contribution >= 4 is 41.7 Å². The van der Waals surface area contributed by atoms with Crippen LogP contribution in [0.2, 0.25) is 0 Å². The maximum absolute atomic E-state index is 12.7. The first-order chi connectivity index (χ1) is 9.40. The third kappa shape index (κ3) is 6.81. The van der Waals surface area contributed by atoms with E-state index in [9.17, 15) is 13.2 Å². The largest absolute Gasteiger partial charge is 0.403 e. The highest BCUT2D eigenvalue weighted by Crippen LogP contribution is 2.25. The molecule has 0 amide bonds. The summed E-state index contributed by atoms with van der Waals surface area (Å²) in [5.41, 5.74) is 0. The average molecular weight is 440 g/mol. The summed E-state index contributed by atoms with van der Waals surface area (Å²) in [5, 5.41) is 3.23. The molecule has 21 heavy (non-hydrogen) atoms. The van der Waals surface area contributed by atoms with Crippen LogP contribution in [0.4, 0.5) is 13.2 Å². The van der Waals surface area contributed by atoms with E-state index in [1.165, 1.54) is 11.8 Å². The van der Waals surface area contributed by atoms with Gasteiger partial charge in [-0.05, 0) is 13.2 Å². The molecule has 1 rings (SSSR count). The van der Waals surface area contributed by atoms with Gasteiger partial charge in [0, 0.05) is 45.5 Å². The molecular weight excluding hydrogens is 416 g/mol. The molecule has 1 aliphatic heterocycles. The lowest BCUT2D eigenvalue weighted by Crippen LogP contribution is -2.56. The monoisotopic (exact) mass is 440 g/mol. The van der Waals surface area contributed by atoms with Crippen LogP contribution in [-0.2, 0) is 0 Å². The minimum Gasteiger partial charge on any atom is -0.355 e. The summed E-state index contributed by atoms with van der Waals surface area (Å²) in [7, 11) is 1.70. The topological polar surface area (TPSA) is 30.9 Å². The van der Waals surface area contributed by atoms with E-state index in [1.54, 1.807) is 18.8 Å². The molecular formula is C12H24F3IN4S. The smallest absolute Gasteiger partial charge is 0.355 e. The summed E-state index contributed by atoms with van der Waals surface area (Å²) in [6.07, 6.45) is -2.12. The Morgan fingerprint density at radius 1 is 1.29 bits per heavy atom. The molecule has 1 N–H and O–H groups in total. The number of rotatable bonds is 4. The fourth-order valence-electron chi connectivity index (χ4n) is 2.13. The van der Waals surface area contributed by atoms with E-state index >= 15 is 0 Å². The van der Waals surface area contributed by atoms with Gasteiger partial charge in [0.2, 0.25) is 0 Å². The number of aliphatic imine (C=N–C) groups is 1. The van der Waals surface area contributed by atoms with E-state index < -0.39 is 12.2 Å². The summed E-state index contributed by atoms with van der Waals surface area (Å²) >= 11 is 1.74. The molecule has 1 atom stereocenters. The van der Waals surface area contributed by atoms with Crippen molar-refractivity contribution in [3.63, 3.8) is 0 Å². The fourth-order valence-corrected chi connectivity index (χ4v) is 2.43. The molecule has 0 saturated carbocycles. The molecule has 0 aromatic rings. The highest BCUT2D eigenvalue weighted by Gasteiger charge is 2.40.